The molecule has 2 aromatic heterocycles. The number of hydrogen-bond donors (Lipinski definition) is 0. The number of halogens is 1. The van der Waals surface area contributed by atoms with Crippen LogP contribution in [0.1, 0.15) is 29.7 Å². The quantitative estimate of drug-likeness (QED) is 0.623. The van der Waals surface area contributed by atoms with E-state index in [-0.39, 0.29) is 35.4 Å². The summed E-state index contributed by atoms with van der Waals surface area (Å²) in [5, 5.41) is 7.72. The molecule has 3 aromatic rings. The molecule has 0 aliphatic heterocycles. The SMILES string of the molecule is CCCn1nc(C(=O)OCc2nc(-c3ccc(F)cc3)no2)ccc1=O. The van der Waals surface area contributed by atoms with Crippen LogP contribution in [0.4, 0.5) is 4.39 Å². The van der Waals surface area contributed by atoms with Crippen LogP contribution in [0.25, 0.3) is 11.4 Å². The van der Waals surface area contributed by atoms with Crippen LogP contribution in [0.3, 0.4) is 0 Å². The number of aromatic nitrogens is 4. The molecule has 1 aromatic carbocycles. The van der Waals surface area contributed by atoms with Gasteiger partial charge in [-0.2, -0.15) is 10.1 Å². The minimum absolute atomic E-state index is 0.0105. The van der Waals surface area contributed by atoms with Crippen molar-refractivity contribution in [1.82, 2.24) is 19.9 Å². The zero-order valence-electron chi connectivity index (χ0n) is 13.9. The van der Waals surface area contributed by atoms with Crippen LogP contribution < -0.4 is 5.56 Å². The first-order valence-corrected chi connectivity index (χ1v) is 7.90. The normalized spacial score (nSPS) is 10.7. The summed E-state index contributed by atoms with van der Waals surface area (Å²) in [6.45, 7) is 2.06. The van der Waals surface area contributed by atoms with Crippen molar-refractivity contribution < 1.29 is 18.4 Å². The Morgan fingerprint density at radius 1 is 1.23 bits per heavy atom. The number of nitrogens with zero attached hydrogens (tertiary/aromatic N) is 4. The van der Waals surface area contributed by atoms with Crippen molar-refractivity contribution in [3.63, 3.8) is 0 Å². The molecule has 0 aliphatic rings. The summed E-state index contributed by atoms with van der Waals surface area (Å²) >= 11 is 0. The maximum atomic E-state index is 12.9. The lowest BCUT2D eigenvalue weighted by Crippen LogP contribution is -2.24. The number of benzene rings is 1. The summed E-state index contributed by atoms with van der Waals surface area (Å²) in [6, 6.07) is 8.14. The number of esters is 1. The van der Waals surface area contributed by atoms with Crippen molar-refractivity contribution in [2.45, 2.75) is 26.5 Å². The predicted molar refractivity (Wildman–Crippen MR) is 87.6 cm³/mol. The standard InChI is InChI=1S/C17H15FN4O4/c1-2-9-22-15(23)8-7-13(20-22)17(24)25-10-14-19-16(21-26-14)11-3-5-12(18)6-4-11/h3-8H,2,9-10H2,1H3. The Morgan fingerprint density at radius 2 is 2.00 bits per heavy atom. The number of carbonyl (C=O) groups excluding carboxylic acids is 1. The second kappa shape index (κ2) is 7.68. The van der Waals surface area contributed by atoms with Crippen molar-refractivity contribution in [2.24, 2.45) is 0 Å². The van der Waals surface area contributed by atoms with Gasteiger partial charge in [-0.1, -0.05) is 12.1 Å². The Morgan fingerprint density at radius 3 is 2.73 bits per heavy atom. The Balaban J connectivity index is 1.66. The van der Waals surface area contributed by atoms with Crippen LogP contribution in [-0.4, -0.2) is 25.9 Å². The van der Waals surface area contributed by atoms with Crippen molar-refractivity contribution in [3.8, 4) is 11.4 Å². The van der Waals surface area contributed by atoms with Crippen LogP contribution in [-0.2, 0) is 17.9 Å². The van der Waals surface area contributed by atoms with E-state index in [4.69, 9.17) is 9.26 Å². The molecule has 2 heterocycles. The fourth-order valence-electron chi connectivity index (χ4n) is 2.16. The van der Waals surface area contributed by atoms with Gasteiger partial charge in [0.1, 0.15) is 5.82 Å². The van der Waals surface area contributed by atoms with Crippen molar-refractivity contribution in [3.05, 3.63) is 64.2 Å². The monoisotopic (exact) mass is 358 g/mol. The summed E-state index contributed by atoms with van der Waals surface area (Å²) in [5.41, 5.74) is 0.293. The van der Waals surface area contributed by atoms with Gasteiger partial charge < -0.3 is 9.26 Å². The smallest absolute Gasteiger partial charge is 0.359 e. The molecule has 3 rings (SSSR count). The van der Waals surface area contributed by atoms with Gasteiger partial charge in [0.25, 0.3) is 11.4 Å². The lowest BCUT2D eigenvalue weighted by molar-refractivity contribution is 0.0419. The summed E-state index contributed by atoms with van der Waals surface area (Å²) in [7, 11) is 0. The topological polar surface area (TPSA) is 100 Å². The predicted octanol–water partition coefficient (Wildman–Crippen LogP) is 2.20. The molecule has 9 heteroatoms. The first-order valence-electron chi connectivity index (χ1n) is 7.90. The first kappa shape index (κ1) is 17.5. The number of rotatable bonds is 6. The summed E-state index contributed by atoms with van der Waals surface area (Å²) < 4.78 is 24.2. The molecule has 134 valence electrons. The highest BCUT2D eigenvalue weighted by Gasteiger charge is 2.14. The Kier molecular flexibility index (Phi) is 5.16. The first-order chi connectivity index (χ1) is 12.6. The number of hydrogen-bond acceptors (Lipinski definition) is 7. The number of aryl methyl sites for hydroxylation is 1. The Hall–Kier alpha value is -3.36. The van der Waals surface area contributed by atoms with E-state index in [1.54, 1.807) is 0 Å². The molecule has 26 heavy (non-hydrogen) atoms. The molecule has 0 saturated carbocycles. The van der Waals surface area contributed by atoms with Gasteiger partial charge in [0, 0.05) is 18.2 Å². The fourth-order valence-corrected chi connectivity index (χ4v) is 2.16. The minimum Gasteiger partial charge on any atom is -0.451 e. The molecular formula is C17H15FN4O4. The van der Waals surface area contributed by atoms with E-state index in [1.165, 1.54) is 41.1 Å². The lowest BCUT2D eigenvalue weighted by Gasteiger charge is -2.05. The highest BCUT2D eigenvalue weighted by atomic mass is 19.1. The zero-order chi connectivity index (χ0) is 18.5. The molecule has 0 amide bonds. The van der Waals surface area contributed by atoms with Crippen LogP contribution in [0.2, 0.25) is 0 Å². The van der Waals surface area contributed by atoms with Crippen LogP contribution >= 0.6 is 0 Å². The third kappa shape index (κ3) is 4.00. The summed E-state index contributed by atoms with van der Waals surface area (Å²) in [4.78, 5) is 27.8. The van der Waals surface area contributed by atoms with Gasteiger partial charge in [0.2, 0.25) is 5.82 Å². The largest absolute Gasteiger partial charge is 0.451 e. The van der Waals surface area contributed by atoms with E-state index in [2.05, 4.69) is 15.2 Å². The summed E-state index contributed by atoms with van der Waals surface area (Å²) in [5.74, 6) is -0.745. The molecule has 0 radical (unpaired) electrons. The second-order valence-corrected chi connectivity index (χ2v) is 5.37. The van der Waals surface area contributed by atoms with Gasteiger partial charge in [0.15, 0.2) is 12.3 Å². The molecular weight excluding hydrogens is 343 g/mol. The molecule has 0 spiro atoms. The van der Waals surface area contributed by atoms with Gasteiger partial charge in [-0.3, -0.25) is 4.79 Å². The number of ether oxygens (including phenoxy) is 1. The van der Waals surface area contributed by atoms with Gasteiger partial charge in [0.05, 0.1) is 0 Å². The Bertz CT molecular complexity index is 965. The highest BCUT2D eigenvalue weighted by molar-refractivity contribution is 5.86. The minimum atomic E-state index is -0.712. The zero-order valence-corrected chi connectivity index (χ0v) is 13.9. The van der Waals surface area contributed by atoms with E-state index in [1.807, 2.05) is 6.92 Å². The van der Waals surface area contributed by atoms with E-state index < -0.39 is 5.97 Å². The molecule has 0 saturated heterocycles. The maximum Gasteiger partial charge on any atom is 0.359 e. The molecule has 0 fully saturated rings. The van der Waals surface area contributed by atoms with Gasteiger partial charge in [-0.05, 0) is 36.8 Å². The fraction of sp³-hybridized carbons (Fsp3) is 0.235. The van der Waals surface area contributed by atoms with Crippen molar-refractivity contribution >= 4 is 5.97 Å². The van der Waals surface area contributed by atoms with E-state index in [0.29, 0.717) is 18.5 Å². The third-order valence-corrected chi connectivity index (χ3v) is 3.41. The van der Waals surface area contributed by atoms with E-state index in [9.17, 15) is 14.0 Å². The molecule has 0 aliphatic carbocycles. The van der Waals surface area contributed by atoms with E-state index in [0.717, 1.165) is 0 Å². The van der Waals surface area contributed by atoms with Crippen molar-refractivity contribution in [2.75, 3.05) is 0 Å². The molecule has 0 bridgehead atoms. The van der Waals surface area contributed by atoms with Gasteiger partial charge in [-0.15, -0.1) is 0 Å². The second-order valence-electron chi connectivity index (χ2n) is 5.37. The van der Waals surface area contributed by atoms with Crippen LogP contribution in [0.15, 0.2) is 45.7 Å². The molecule has 0 N–H and O–H groups in total. The Labute approximate surface area is 147 Å². The highest BCUT2D eigenvalue weighted by Crippen LogP contribution is 2.16. The molecule has 8 nitrogen and oxygen atoms in total. The molecule has 0 atom stereocenters. The van der Waals surface area contributed by atoms with Crippen molar-refractivity contribution in [1.29, 1.82) is 0 Å². The lowest BCUT2D eigenvalue weighted by atomic mass is 10.2. The van der Waals surface area contributed by atoms with E-state index >= 15 is 0 Å². The number of carbonyl (C=O) groups is 1. The van der Waals surface area contributed by atoms with Gasteiger partial charge >= 0.3 is 5.97 Å². The van der Waals surface area contributed by atoms with Crippen LogP contribution in [0, 0.1) is 5.82 Å². The average molecular weight is 358 g/mol. The molecule has 0 unspecified atom stereocenters. The van der Waals surface area contributed by atoms with Crippen LogP contribution in [0.5, 0.6) is 0 Å². The van der Waals surface area contributed by atoms with Gasteiger partial charge in [-0.25, -0.2) is 13.9 Å². The third-order valence-electron chi connectivity index (χ3n) is 3.41. The average Bonchev–Trinajstić information content (AvgIpc) is 3.11. The summed E-state index contributed by atoms with van der Waals surface area (Å²) in [6.07, 6.45) is 0.708. The maximum absolute atomic E-state index is 12.9.